The van der Waals surface area contributed by atoms with Crippen LogP contribution in [0.1, 0.15) is 30.8 Å². The molecule has 0 unspecified atom stereocenters. The summed E-state index contributed by atoms with van der Waals surface area (Å²) in [7, 11) is 2.06. The molecule has 1 heterocycles. The molecular weight excluding hydrogens is 444 g/mol. The van der Waals surface area contributed by atoms with Gasteiger partial charge < -0.3 is 4.90 Å². The maximum Gasteiger partial charge on any atom is 0.262 e. The summed E-state index contributed by atoms with van der Waals surface area (Å²) in [5.74, 6) is 0.364. The van der Waals surface area contributed by atoms with Gasteiger partial charge in [0.05, 0.1) is 22.0 Å². The molecule has 0 aliphatic rings. The summed E-state index contributed by atoms with van der Waals surface area (Å²) < 4.78 is 30.7. The van der Waals surface area contributed by atoms with Gasteiger partial charge in [-0.05, 0) is 74.3 Å². The molecule has 1 aromatic heterocycles. The van der Waals surface area contributed by atoms with Crippen molar-refractivity contribution < 1.29 is 8.42 Å². The monoisotopic (exact) mass is 474 g/mol. The molecule has 172 valence electrons. The lowest BCUT2D eigenvalue weighted by Crippen LogP contribution is -2.15. The minimum atomic E-state index is -3.74. The van der Waals surface area contributed by atoms with E-state index in [2.05, 4.69) is 28.6 Å². The van der Waals surface area contributed by atoms with Crippen molar-refractivity contribution in [3.63, 3.8) is 0 Å². The summed E-state index contributed by atoms with van der Waals surface area (Å²) in [6.07, 6.45) is 0.699. The third-order valence-electron chi connectivity index (χ3n) is 5.27. The van der Waals surface area contributed by atoms with Crippen molar-refractivity contribution >= 4 is 27.3 Å². The highest BCUT2D eigenvalue weighted by atomic mass is 35.5. The zero-order valence-electron chi connectivity index (χ0n) is 19.5. The Bertz CT molecular complexity index is 1200. The van der Waals surface area contributed by atoms with E-state index in [4.69, 9.17) is 11.6 Å². The van der Waals surface area contributed by atoms with E-state index < -0.39 is 10.0 Å². The van der Waals surface area contributed by atoms with Crippen LogP contribution in [0.2, 0.25) is 5.02 Å². The number of anilines is 1. The van der Waals surface area contributed by atoms with Crippen molar-refractivity contribution in [3.05, 3.63) is 64.4 Å². The van der Waals surface area contributed by atoms with Crippen LogP contribution in [0, 0.1) is 12.8 Å². The van der Waals surface area contributed by atoms with Gasteiger partial charge in [0.25, 0.3) is 10.0 Å². The van der Waals surface area contributed by atoms with Crippen LogP contribution in [0.4, 0.5) is 5.69 Å². The Hall–Kier alpha value is -2.35. The summed E-state index contributed by atoms with van der Waals surface area (Å²) in [6, 6.07) is 12.8. The molecule has 0 atom stereocenters. The molecule has 32 heavy (non-hydrogen) atoms. The van der Waals surface area contributed by atoms with E-state index >= 15 is 0 Å². The number of aryl methyl sites for hydroxylation is 1. The van der Waals surface area contributed by atoms with Crippen LogP contribution >= 0.6 is 11.6 Å². The fraction of sp³-hybridized carbons (Fsp3) is 0.375. The van der Waals surface area contributed by atoms with Gasteiger partial charge in [-0.3, -0.25) is 9.40 Å². The predicted octanol–water partition coefficient (Wildman–Crippen LogP) is 5.11. The van der Waals surface area contributed by atoms with Gasteiger partial charge in [-0.2, -0.15) is 5.10 Å². The molecule has 0 aliphatic carbocycles. The average Bonchev–Trinajstić information content (AvgIpc) is 2.96. The molecule has 0 saturated carbocycles. The molecule has 6 nitrogen and oxygen atoms in total. The maximum absolute atomic E-state index is 13.1. The fourth-order valence-electron chi connectivity index (χ4n) is 3.58. The van der Waals surface area contributed by atoms with Gasteiger partial charge in [-0.1, -0.05) is 43.6 Å². The first-order valence-corrected chi connectivity index (χ1v) is 12.4. The van der Waals surface area contributed by atoms with Gasteiger partial charge in [0.1, 0.15) is 0 Å². The maximum atomic E-state index is 13.1. The quantitative estimate of drug-likeness (QED) is 0.492. The molecule has 8 heteroatoms. The molecule has 0 radical (unpaired) electrons. The highest BCUT2D eigenvalue weighted by Gasteiger charge is 2.21. The van der Waals surface area contributed by atoms with E-state index in [0.717, 1.165) is 39.6 Å². The second kappa shape index (κ2) is 9.65. The second-order valence-electron chi connectivity index (χ2n) is 8.80. The van der Waals surface area contributed by atoms with Gasteiger partial charge in [0, 0.05) is 18.6 Å². The lowest BCUT2D eigenvalue weighted by Gasteiger charge is -2.13. The molecule has 0 amide bonds. The lowest BCUT2D eigenvalue weighted by molar-refractivity contribution is 0.402. The first-order valence-electron chi connectivity index (χ1n) is 10.6. The van der Waals surface area contributed by atoms with E-state index in [-0.39, 0.29) is 4.90 Å². The minimum absolute atomic E-state index is 0.211. The largest absolute Gasteiger partial charge is 0.305 e. The number of benzene rings is 2. The first-order chi connectivity index (χ1) is 15.0. The number of nitrogens with one attached hydrogen (secondary N) is 1. The van der Waals surface area contributed by atoms with E-state index in [1.165, 1.54) is 0 Å². The van der Waals surface area contributed by atoms with E-state index in [9.17, 15) is 8.42 Å². The van der Waals surface area contributed by atoms with E-state index in [1.807, 2.05) is 58.4 Å². The summed E-state index contributed by atoms with van der Waals surface area (Å²) in [6.45, 7) is 6.76. The zero-order valence-corrected chi connectivity index (χ0v) is 21.0. The number of aromatic nitrogens is 2. The van der Waals surface area contributed by atoms with E-state index in [0.29, 0.717) is 18.0 Å². The highest BCUT2D eigenvalue weighted by molar-refractivity contribution is 7.92. The Morgan fingerprint density at radius 1 is 1.09 bits per heavy atom. The number of halogens is 1. The van der Waals surface area contributed by atoms with Gasteiger partial charge >= 0.3 is 0 Å². The number of rotatable bonds is 8. The Morgan fingerprint density at radius 3 is 2.31 bits per heavy atom. The zero-order chi connectivity index (χ0) is 23.6. The molecule has 3 aromatic rings. The molecular formula is C24H31ClN4O2S. The number of hydrogen-bond donors (Lipinski definition) is 1. The van der Waals surface area contributed by atoms with Gasteiger partial charge in [-0.25, -0.2) is 8.42 Å². The molecule has 0 saturated heterocycles. The van der Waals surface area contributed by atoms with Crippen molar-refractivity contribution in [1.82, 2.24) is 14.7 Å². The number of hydrogen-bond acceptors (Lipinski definition) is 4. The SMILES string of the molecule is Cc1c(NS(=O)(=O)c2ccc(-c3ccc(Cl)c(CN(C)C)c3)cc2)c(CC(C)C)nn1C. The van der Waals surface area contributed by atoms with Crippen molar-refractivity contribution in [1.29, 1.82) is 0 Å². The van der Waals surface area contributed by atoms with Crippen LogP contribution in [0.25, 0.3) is 11.1 Å². The van der Waals surface area contributed by atoms with Crippen molar-refractivity contribution in [2.45, 2.75) is 38.6 Å². The van der Waals surface area contributed by atoms with Gasteiger partial charge in [0.15, 0.2) is 0 Å². The smallest absolute Gasteiger partial charge is 0.262 e. The molecule has 0 fully saturated rings. The summed E-state index contributed by atoms with van der Waals surface area (Å²) in [4.78, 5) is 2.27. The lowest BCUT2D eigenvalue weighted by atomic mass is 10.0. The Kier molecular flexibility index (Phi) is 7.32. The minimum Gasteiger partial charge on any atom is -0.305 e. The standard InChI is InChI=1S/C24H31ClN4O2S/c1-16(2)13-23-24(17(3)29(6)26-23)27-32(30,31)21-10-7-18(8-11-21)19-9-12-22(25)20(14-19)15-28(4)5/h7-12,14,16,27H,13,15H2,1-6H3. The second-order valence-corrected chi connectivity index (χ2v) is 10.9. The van der Waals surface area contributed by atoms with Crippen LogP contribution < -0.4 is 4.72 Å². The number of sulfonamides is 1. The van der Waals surface area contributed by atoms with Crippen molar-refractivity contribution in [2.75, 3.05) is 18.8 Å². The van der Waals surface area contributed by atoms with Crippen LogP contribution in [-0.2, 0) is 30.0 Å². The molecule has 0 spiro atoms. The first kappa shape index (κ1) is 24.3. The van der Waals surface area contributed by atoms with Crippen molar-refractivity contribution in [2.24, 2.45) is 13.0 Å². The van der Waals surface area contributed by atoms with Crippen LogP contribution in [-0.4, -0.2) is 37.2 Å². The third-order valence-corrected chi connectivity index (χ3v) is 7.01. The van der Waals surface area contributed by atoms with Crippen LogP contribution in [0.5, 0.6) is 0 Å². The Labute approximate surface area is 196 Å². The topological polar surface area (TPSA) is 67.2 Å². The third kappa shape index (κ3) is 5.52. The number of nitrogens with zero attached hydrogens (tertiary/aromatic N) is 3. The van der Waals surface area contributed by atoms with Crippen LogP contribution in [0.3, 0.4) is 0 Å². The molecule has 0 aliphatic heterocycles. The average molecular weight is 475 g/mol. The van der Waals surface area contributed by atoms with Gasteiger partial charge in [-0.15, -0.1) is 0 Å². The predicted molar refractivity (Wildman–Crippen MR) is 132 cm³/mol. The Balaban J connectivity index is 1.88. The normalized spacial score (nSPS) is 12.0. The fourth-order valence-corrected chi connectivity index (χ4v) is 4.90. The van der Waals surface area contributed by atoms with E-state index in [1.54, 1.807) is 16.8 Å². The van der Waals surface area contributed by atoms with Gasteiger partial charge in [0.2, 0.25) is 0 Å². The van der Waals surface area contributed by atoms with Crippen LogP contribution in [0.15, 0.2) is 47.4 Å². The van der Waals surface area contributed by atoms with Crippen molar-refractivity contribution in [3.8, 4) is 11.1 Å². The highest BCUT2D eigenvalue weighted by Crippen LogP contribution is 2.29. The summed E-state index contributed by atoms with van der Waals surface area (Å²) in [5, 5.41) is 5.21. The Morgan fingerprint density at radius 2 is 1.72 bits per heavy atom. The summed E-state index contributed by atoms with van der Waals surface area (Å²) >= 11 is 6.33. The molecule has 2 aromatic carbocycles. The molecule has 0 bridgehead atoms. The molecule has 1 N–H and O–H groups in total. The molecule has 3 rings (SSSR count). The summed E-state index contributed by atoms with van der Waals surface area (Å²) in [5.41, 5.74) is 5.06.